The van der Waals surface area contributed by atoms with Gasteiger partial charge in [0.15, 0.2) is 5.96 Å². The molecule has 2 heterocycles. The average Bonchev–Trinajstić information content (AvgIpc) is 3.42. The second kappa shape index (κ2) is 8.66. The van der Waals surface area contributed by atoms with Gasteiger partial charge in [-0.2, -0.15) is 0 Å². The maximum atomic E-state index is 6.15. The third kappa shape index (κ3) is 3.73. The van der Waals surface area contributed by atoms with Gasteiger partial charge in [-0.1, -0.05) is 12.8 Å². The number of methoxy groups -OCH3 is 1. The SMILES string of the molecule is CCN=C(NC1C2CCOC2C12CCCC2)N1CCC(COCCOC)C1. The molecule has 4 atom stereocenters. The molecule has 1 spiro atoms. The van der Waals surface area contributed by atoms with Gasteiger partial charge in [0.1, 0.15) is 0 Å². The van der Waals surface area contributed by atoms with Crippen LogP contribution in [0.15, 0.2) is 4.99 Å². The lowest BCUT2D eigenvalue weighted by molar-refractivity contribution is -0.125. The summed E-state index contributed by atoms with van der Waals surface area (Å²) in [5.74, 6) is 2.40. The van der Waals surface area contributed by atoms with E-state index in [4.69, 9.17) is 19.2 Å². The van der Waals surface area contributed by atoms with E-state index < -0.39 is 0 Å². The Kier molecular flexibility index (Phi) is 6.25. The maximum absolute atomic E-state index is 6.15. The van der Waals surface area contributed by atoms with Gasteiger partial charge in [-0.3, -0.25) is 4.99 Å². The number of hydrogen-bond acceptors (Lipinski definition) is 4. The van der Waals surface area contributed by atoms with E-state index in [0.29, 0.717) is 42.6 Å². The molecule has 2 aliphatic heterocycles. The summed E-state index contributed by atoms with van der Waals surface area (Å²) in [6.07, 6.45) is 8.25. The van der Waals surface area contributed by atoms with Crippen LogP contribution in [0.2, 0.25) is 0 Å². The molecule has 0 radical (unpaired) electrons. The van der Waals surface area contributed by atoms with Crippen LogP contribution in [0, 0.1) is 17.3 Å². The highest BCUT2D eigenvalue weighted by Crippen LogP contribution is 2.60. The molecule has 0 aromatic heterocycles. The zero-order valence-electron chi connectivity index (χ0n) is 17.1. The van der Waals surface area contributed by atoms with Gasteiger partial charge in [-0.15, -0.1) is 0 Å². The lowest BCUT2D eigenvalue weighted by Crippen LogP contribution is -2.69. The number of ether oxygens (including phenoxy) is 3. The monoisotopic (exact) mass is 379 g/mol. The molecular weight excluding hydrogens is 342 g/mol. The predicted octanol–water partition coefficient (Wildman–Crippen LogP) is 2.28. The van der Waals surface area contributed by atoms with E-state index in [1.54, 1.807) is 7.11 Å². The van der Waals surface area contributed by atoms with E-state index in [1.165, 1.54) is 38.5 Å². The van der Waals surface area contributed by atoms with Gasteiger partial charge >= 0.3 is 0 Å². The predicted molar refractivity (Wildman–Crippen MR) is 106 cm³/mol. The molecule has 0 aromatic rings. The second-order valence-corrected chi connectivity index (χ2v) is 8.77. The van der Waals surface area contributed by atoms with Gasteiger partial charge in [-0.25, -0.2) is 0 Å². The highest BCUT2D eigenvalue weighted by Gasteiger charge is 2.65. The Bertz CT molecular complexity index is 521. The van der Waals surface area contributed by atoms with Crippen molar-refractivity contribution in [2.75, 3.05) is 53.2 Å². The Morgan fingerprint density at radius 1 is 1.26 bits per heavy atom. The van der Waals surface area contributed by atoms with Crippen molar-refractivity contribution in [1.29, 1.82) is 0 Å². The maximum Gasteiger partial charge on any atom is 0.194 e. The van der Waals surface area contributed by atoms with Crippen molar-refractivity contribution in [2.24, 2.45) is 22.2 Å². The number of aliphatic imine (C=N–C) groups is 1. The van der Waals surface area contributed by atoms with Crippen molar-refractivity contribution >= 4 is 5.96 Å². The Labute approximate surface area is 164 Å². The summed E-state index contributed by atoms with van der Waals surface area (Å²) >= 11 is 0. The molecule has 4 rings (SSSR count). The fourth-order valence-electron chi connectivity index (χ4n) is 5.98. The smallest absolute Gasteiger partial charge is 0.194 e. The van der Waals surface area contributed by atoms with Gasteiger partial charge in [0.2, 0.25) is 0 Å². The van der Waals surface area contributed by atoms with E-state index in [0.717, 1.165) is 38.8 Å². The summed E-state index contributed by atoms with van der Waals surface area (Å²) < 4.78 is 17.0. The first kappa shape index (κ1) is 19.5. The second-order valence-electron chi connectivity index (χ2n) is 8.77. The molecule has 0 aromatic carbocycles. The molecule has 6 nitrogen and oxygen atoms in total. The molecular formula is C21H37N3O3. The first-order valence-corrected chi connectivity index (χ1v) is 11.0. The number of nitrogens with one attached hydrogen (secondary N) is 1. The summed E-state index contributed by atoms with van der Waals surface area (Å²) in [5.41, 5.74) is 0.373. The third-order valence-corrected chi connectivity index (χ3v) is 7.25. The highest BCUT2D eigenvalue weighted by molar-refractivity contribution is 5.81. The first-order valence-electron chi connectivity index (χ1n) is 11.0. The van der Waals surface area contributed by atoms with Crippen molar-refractivity contribution in [3.8, 4) is 0 Å². The van der Waals surface area contributed by atoms with Crippen LogP contribution in [0.4, 0.5) is 0 Å². The van der Waals surface area contributed by atoms with Crippen LogP contribution in [-0.2, 0) is 14.2 Å². The molecule has 0 bridgehead atoms. The summed E-state index contributed by atoms with van der Waals surface area (Å²) in [7, 11) is 1.72. The average molecular weight is 380 g/mol. The molecule has 6 heteroatoms. The molecule has 0 amide bonds. The molecule has 4 unspecified atom stereocenters. The van der Waals surface area contributed by atoms with Crippen molar-refractivity contribution < 1.29 is 14.2 Å². The number of rotatable bonds is 7. The van der Waals surface area contributed by atoms with E-state index in [1.807, 2.05) is 0 Å². The minimum absolute atomic E-state index is 0.373. The molecule has 4 fully saturated rings. The van der Waals surface area contributed by atoms with Crippen molar-refractivity contribution in [1.82, 2.24) is 10.2 Å². The summed E-state index contributed by atoms with van der Waals surface area (Å²) in [5, 5.41) is 3.93. The summed E-state index contributed by atoms with van der Waals surface area (Å²) in [6.45, 7) is 8.22. The molecule has 154 valence electrons. The number of fused-ring (bicyclic) bond motifs is 2. The van der Waals surface area contributed by atoms with Crippen molar-refractivity contribution in [3.05, 3.63) is 0 Å². The molecule has 2 saturated carbocycles. The van der Waals surface area contributed by atoms with Gasteiger partial charge in [0, 0.05) is 56.6 Å². The van der Waals surface area contributed by atoms with Crippen LogP contribution in [-0.4, -0.2) is 76.2 Å². The Morgan fingerprint density at radius 3 is 2.89 bits per heavy atom. The molecule has 4 aliphatic rings. The van der Waals surface area contributed by atoms with Gasteiger partial charge in [0.25, 0.3) is 0 Å². The van der Waals surface area contributed by atoms with E-state index in [2.05, 4.69) is 17.1 Å². The van der Waals surface area contributed by atoms with E-state index >= 15 is 0 Å². The van der Waals surface area contributed by atoms with E-state index in [9.17, 15) is 0 Å². The van der Waals surface area contributed by atoms with Gasteiger partial charge in [-0.05, 0) is 32.6 Å². The van der Waals surface area contributed by atoms with Crippen LogP contribution in [0.25, 0.3) is 0 Å². The Morgan fingerprint density at radius 2 is 2.11 bits per heavy atom. The van der Waals surface area contributed by atoms with Crippen LogP contribution < -0.4 is 5.32 Å². The minimum Gasteiger partial charge on any atom is -0.382 e. The molecule has 2 aliphatic carbocycles. The standard InChI is InChI=1S/C21H37N3O3/c1-3-22-20(24-10-6-16(14-24)15-26-13-12-25-2)23-18-17-7-11-27-19(17)21(18)8-4-5-9-21/h16-19H,3-15H2,1-2H3,(H,22,23). The zero-order chi connectivity index (χ0) is 18.7. The molecule has 27 heavy (non-hydrogen) atoms. The molecule has 1 N–H and O–H groups in total. The first-order chi connectivity index (χ1) is 13.3. The van der Waals surface area contributed by atoms with Crippen LogP contribution in [0.1, 0.15) is 45.4 Å². The minimum atomic E-state index is 0.373. The fraction of sp³-hybridized carbons (Fsp3) is 0.952. The third-order valence-electron chi connectivity index (χ3n) is 7.25. The normalized spacial score (nSPS) is 34.9. The lowest BCUT2D eigenvalue weighted by Gasteiger charge is -2.57. The number of hydrogen-bond donors (Lipinski definition) is 1. The highest BCUT2D eigenvalue weighted by atomic mass is 16.5. The summed E-state index contributed by atoms with van der Waals surface area (Å²) in [6, 6.07) is 0.551. The van der Waals surface area contributed by atoms with E-state index in [-0.39, 0.29) is 0 Å². The zero-order valence-corrected chi connectivity index (χ0v) is 17.1. The van der Waals surface area contributed by atoms with Gasteiger partial charge in [0.05, 0.1) is 25.9 Å². The number of likely N-dealkylation sites (tertiary alicyclic amines) is 1. The number of guanidine groups is 1. The van der Waals surface area contributed by atoms with Crippen LogP contribution in [0.3, 0.4) is 0 Å². The summed E-state index contributed by atoms with van der Waals surface area (Å²) in [4.78, 5) is 7.33. The lowest BCUT2D eigenvalue weighted by atomic mass is 9.54. The van der Waals surface area contributed by atoms with Crippen molar-refractivity contribution in [3.63, 3.8) is 0 Å². The van der Waals surface area contributed by atoms with Crippen LogP contribution >= 0.6 is 0 Å². The Hall–Kier alpha value is -0.850. The molecule has 2 saturated heterocycles. The topological polar surface area (TPSA) is 55.3 Å². The Balaban J connectivity index is 1.35. The van der Waals surface area contributed by atoms with Crippen molar-refractivity contribution in [2.45, 2.75) is 57.6 Å². The largest absolute Gasteiger partial charge is 0.382 e. The quantitative estimate of drug-likeness (QED) is 0.418. The van der Waals surface area contributed by atoms with Crippen LogP contribution in [0.5, 0.6) is 0 Å². The van der Waals surface area contributed by atoms with Gasteiger partial charge < -0.3 is 24.4 Å². The fourth-order valence-corrected chi connectivity index (χ4v) is 5.98. The number of nitrogens with zero attached hydrogens (tertiary/aromatic N) is 2.